The van der Waals surface area contributed by atoms with Gasteiger partial charge in [0, 0.05) is 10.8 Å². The molecule has 5 atom stereocenters. The minimum atomic E-state index is -0.225. The van der Waals surface area contributed by atoms with E-state index in [0.717, 1.165) is 44.9 Å². The largest absolute Gasteiger partial charge is 0.393 e. The highest BCUT2D eigenvalue weighted by molar-refractivity contribution is 5.42. The van der Waals surface area contributed by atoms with E-state index in [4.69, 9.17) is 0 Å². The van der Waals surface area contributed by atoms with Crippen molar-refractivity contribution in [2.75, 3.05) is 0 Å². The Bertz CT molecular complexity index is 532. The maximum atomic E-state index is 10.4. The summed E-state index contributed by atoms with van der Waals surface area (Å²) in [6.07, 6.45) is 10.6. The zero-order valence-corrected chi connectivity index (χ0v) is 13.4. The van der Waals surface area contributed by atoms with Crippen LogP contribution in [0.3, 0.4) is 0 Å². The zero-order valence-electron chi connectivity index (χ0n) is 13.4. The van der Waals surface area contributed by atoms with Crippen molar-refractivity contribution < 1.29 is 10.2 Å². The third kappa shape index (κ3) is 1.78. The molecule has 0 spiro atoms. The van der Waals surface area contributed by atoms with Crippen molar-refractivity contribution in [2.45, 2.75) is 77.4 Å². The predicted octanol–water partition coefficient (Wildman–Crippen LogP) is 3.74. The summed E-state index contributed by atoms with van der Waals surface area (Å²) < 4.78 is 0. The van der Waals surface area contributed by atoms with Gasteiger partial charge < -0.3 is 10.2 Å². The average Bonchev–Trinajstić information content (AvgIpc) is 2.76. The fourth-order valence-electron chi connectivity index (χ4n) is 5.92. The molecule has 0 aromatic heterocycles. The van der Waals surface area contributed by atoms with Gasteiger partial charge in [-0.2, -0.15) is 0 Å². The van der Waals surface area contributed by atoms with Crippen molar-refractivity contribution in [1.29, 1.82) is 0 Å². The van der Waals surface area contributed by atoms with Crippen LogP contribution in [0.5, 0.6) is 0 Å². The van der Waals surface area contributed by atoms with Gasteiger partial charge in [-0.25, -0.2) is 0 Å². The average molecular weight is 288 g/mol. The van der Waals surface area contributed by atoms with Crippen LogP contribution in [0.1, 0.15) is 65.2 Å². The molecule has 4 aliphatic rings. The first-order valence-corrected chi connectivity index (χ1v) is 8.75. The van der Waals surface area contributed by atoms with Crippen LogP contribution in [0, 0.1) is 16.7 Å². The lowest BCUT2D eigenvalue weighted by Crippen LogP contribution is -2.42. The summed E-state index contributed by atoms with van der Waals surface area (Å²) >= 11 is 0. The zero-order chi connectivity index (χ0) is 14.8. The molecule has 1 saturated carbocycles. The first-order valence-electron chi connectivity index (χ1n) is 8.75. The molecule has 0 aliphatic heterocycles. The number of hydrogen-bond acceptors (Lipinski definition) is 2. The van der Waals surface area contributed by atoms with Crippen LogP contribution in [-0.2, 0) is 0 Å². The van der Waals surface area contributed by atoms with E-state index >= 15 is 0 Å². The van der Waals surface area contributed by atoms with Crippen LogP contribution in [0.4, 0.5) is 0 Å². The van der Waals surface area contributed by atoms with Gasteiger partial charge in [0.05, 0.1) is 12.2 Å². The minimum absolute atomic E-state index is 0.102. The molecule has 2 nitrogen and oxygen atoms in total. The van der Waals surface area contributed by atoms with Crippen molar-refractivity contribution in [2.24, 2.45) is 16.7 Å². The Balaban J connectivity index is 1.78. The number of aliphatic hydroxyl groups is 2. The van der Waals surface area contributed by atoms with Gasteiger partial charge in [-0.1, -0.05) is 36.6 Å². The summed E-state index contributed by atoms with van der Waals surface area (Å²) in [5.74, 6) is 0.612. The Kier molecular flexibility index (Phi) is 2.97. The normalized spacial score (nSPS) is 49.3. The summed E-state index contributed by atoms with van der Waals surface area (Å²) in [7, 11) is 0. The van der Waals surface area contributed by atoms with Crippen LogP contribution in [0.25, 0.3) is 0 Å². The molecule has 4 aliphatic carbocycles. The maximum absolute atomic E-state index is 10.4. The van der Waals surface area contributed by atoms with E-state index in [1.54, 1.807) is 11.1 Å². The smallest absolute Gasteiger partial charge is 0.0724 e. The molecule has 0 unspecified atom stereocenters. The fourth-order valence-corrected chi connectivity index (χ4v) is 5.92. The SMILES string of the molecule is C[C@]12CC[C@H](O)C=C1CCC1=C2CC[C@]2(C)[C@@H](O)CC[C@@H]12. The molecular formula is C19H28O2. The van der Waals surface area contributed by atoms with Gasteiger partial charge in [0.25, 0.3) is 0 Å². The fraction of sp³-hybridized carbons (Fsp3) is 0.789. The highest BCUT2D eigenvalue weighted by Gasteiger charge is 2.53. The van der Waals surface area contributed by atoms with Crippen LogP contribution in [0.2, 0.25) is 0 Å². The molecule has 2 N–H and O–H groups in total. The van der Waals surface area contributed by atoms with E-state index in [2.05, 4.69) is 19.9 Å². The summed E-state index contributed by atoms with van der Waals surface area (Å²) in [6, 6.07) is 0. The molecule has 0 amide bonds. The lowest BCUT2D eigenvalue weighted by molar-refractivity contribution is 0.0312. The van der Waals surface area contributed by atoms with Crippen molar-refractivity contribution in [3.63, 3.8) is 0 Å². The monoisotopic (exact) mass is 288 g/mol. The summed E-state index contributed by atoms with van der Waals surface area (Å²) in [5, 5.41) is 20.4. The second-order valence-corrected chi connectivity index (χ2v) is 8.29. The lowest BCUT2D eigenvalue weighted by atomic mass is 9.54. The van der Waals surface area contributed by atoms with E-state index in [-0.39, 0.29) is 23.0 Å². The van der Waals surface area contributed by atoms with E-state index < -0.39 is 0 Å². The molecule has 0 bridgehead atoms. The molecular weight excluding hydrogens is 260 g/mol. The van der Waals surface area contributed by atoms with Gasteiger partial charge in [-0.3, -0.25) is 0 Å². The Morgan fingerprint density at radius 2 is 1.81 bits per heavy atom. The predicted molar refractivity (Wildman–Crippen MR) is 83.8 cm³/mol. The summed E-state index contributed by atoms with van der Waals surface area (Å²) in [4.78, 5) is 0. The van der Waals surface area contributed by atoms with Crippen molar-refractivity contribution in [1.82, 2.24) is 0 Å². The Morgan fingerprint density at radius 1 is 1.00 bits per heavy atom. The molecule has 0 saturated heterocycles. The lowest BCUT2D eigenvalue weighted by Gasteiger charge is -2.51. The minimum Gasteiger partial charge on any atom is -0.393 e. The first kappa shape index (κ1) is 14.0. The van der Waals surface area contributed by atoms with Gasteiger partial charge >= 0.3 is 0 Å². The highest BCUT2D eigenvalue weighted by atomic mass is 16.3. The quantitative estimate of drug-likeness (QED) is 0.667. The van der Waals surface area contributed by atoms with Gasteiger partial charge in [0.2, 0.25) is 0 Å². The summed E-state index contributed by atoms with van der Waals surface area (Å²) in [6.45, 7) is 4.73. The van der Waals surface area contributed by atoms with Gasteiger partial charge in [-0.05, 0) is 57.3 Å². The molecule has 4 rings (SSSR count). The Labute approximate surface area is 127 Å². The number of allylic oxidation sites excluding steroid dienone is 3. The van der Waals surface area contributed by atoms with Crippen LogP contribution >= 0.6 is 0 Å². The van der Waals surface area contributed by atoms with Gasteiger partial charge in [0.15, 0.2) is 0 Å². The van der Waals surface area contributed by atoms with Crippen molar-refractivity contribution >= 4 is 0 Å². The summed E-state index contributed by atoms with van der Waals surface area (Å²) in [5.41, 5.74) is 5.20. The van der Waals surface area contributed by atoms with Gasteiger partial charge in [0.1, 0.15) is 0 Å². The molecule has 0 radical (unpaired) electrons. The third-order valence-corrected chi connectivity index (χ3v) is 7.38. The van der Waals surface area contributed by atoms with E-state index in [1.807, 2.05) is 0 Å². The number of aliphatic hydroxyl groups excluding tert-OH is 2. The standard InChI is InChI=1S/C19H28O2/c1-18-9-7-13(20)11-12(18)3-4-14-15-5-6-17(21)19(15,2)10-8-16(14)18/h11,13,15,17,20-21H,3-10H2,1-2H3/t13-,15-,17-,18-,19-/m0/s1. The Hall–Kier alpha value is -0.600. The Morgan fingerprint density at radius 3 is 2.62 bits per heavy atom. The second-order valence-electron chi connectivity index (χ2n) is 8.29. The van der Waals surface area contributed by atoms with E-state index in [9.17, 15) is 10.2 Å². The molecule has 0 heterocycles. The first-order chi connectivity index (χ1) is 9.95. The number of rotatable bonds is 0. The third-order valence-electron chi connectivity index (χ3n) is 7.38. The second kappa shape index (κ2) is 4.45. The van der Waals surface area contributed by atoms with Crippen LogP contribution in [0.15, 0.2) is 22.8 Å². The maximum Gasteiger partial charge on any atom is 0.0724 e. The molecule has 0 aromatic rings. The van der Waals surface area contributed by atoms with Gasteiger partial charge in [-0.15, -0.1) is 0 Å². The number of hydrogen-bond donors (Lipinski definition) is 2. The molecule has 2 heteroatoms. The van der Waals surface area contributed by atoms with Crippen molar-refractivity contribution in [3.05, 3.63) is 22.8 Å². The van der Waals surface area contributed by atoms with Crippen LogP contribution < -0.4 is 0 Å². The molecule has 1 fully saturated rings. The number of fused-ring (bicyclic) bond motifs is 4. The van der Waals surface area contributed by atoms with Crippen molar-refractivity contribution in [3.8, 4) is 0 Å². The highest BCUT2D eigenvalue weighted by Crippen LogP contribution is 2.62. The van der Waals surface area contributed by atoms with Crippen LogP contribution in [-0.4, -0.2) is 22.4 Å². The van der Waals surface area contributed by atoms with E-state index in [1.165, 1.54) is 12.0 Å². The topological polar surface area (TPSA) is 40.5 Å². The molecule has 116 valence electrons. The molecule has 21 heavy (non-hydrogen) atoms. The van der Waals surface area contributed by atoms with E-state index in [0.29, 0.717) is 5.92 Å². The molecule has 0 aromatic carbocycles.